The Balaban J connectivity index is 1.61. The standard InChI is InChI=1S/C21H20N2O3S/c24-21(22-19-13-6-9-16-8-4-5-12-18(16)19)20-14-7-15-23(20)27(25,26)17-10-2-1-3-11-17/h1-6,8-13,20H,7,14-15H2,(H,22,24)/t20-/m1/s1. The molecule has 1 amide bonds. The highest BCUT2D eigenvalue weighted by Gasteiger charge is 2.39. The van der Waals surface area contributed by atoms with Gasteiger partial charge in [-0.3, -0.25) is 4.79 Å². The van der Waals surface area contributed by atoms with E-state index in [-0.39, 0.29) is 10.8 Å². The molecule has 0 spiro atoms. The molecule has 138 valence electrons. The van der Waals surface area contributed by atoms with Crippen molar-refractivity contribution >= 4 is 32.4 Å². The van der Waals surface area contributed by atoms with E-state index in [0.717, 1.165) is 10.8 Å². The van der Waals surface area contributed by atoms with Gasteiger partial charge in [0.05, 0.1) is 4.90 Å². The predicted octanol–water partition coefficient (Wildman–Crippen LogP) is 3.63. The molecule has 4 rings (SSSR count). The van der Waals surface area contributed by atoms with Crippen molar-refractivity contribution in [1.29, 1.82) is 0 Å². The van der Waals surface area contributed by atoms with Crippen molar-refractivity contribution in [1.82, 2.24) is 4.31 Å². The maximum atomic E-state index is 13.0. The van der Waals surface area contributed by atoms with E-state index in [2.05, 4.69) is 5.32 Å². The van der Waals surface area contributed by atoms with Crippen LogP contribution in [0.3, 0.4) is 0 Å². The zero-order valence-corrected chi connectivity index (χ0v) is 15.5. The number of anilines is 1. The molecule has 0 bridgehead atoms. The predicted molar refractivity (Wildman–Crippen MR) is 106 cm³/mol. The molecule has 1 saturated heterocycles. The van der Waals surface area contributed by atoms with Gasteiger partial charge < -0.3 is 5.32 Å². The highest BCUT2D eigenvalue weighted by atomic mass is 32.2. The van der Waals surface area contributed by atoms with Gasteiger partial charge in [-0.2, -0.15) is 4.31 Å². The summed E-state index contributed by atoms with van der Waals surface area (Å²) in [4.78, 5) is 13.1. The Hall–Kier alpha value is -2.70. The lowest BCUT2D eigenvalue weighted by Gasteiger charge is -2.23. The molecular weight excluding hydrogens is 360 g/mol. The molecule has 27 heavy (non-hydrogen) atoms. The Morgan fingerprint density at radius 2 is 1.63 bits per heavy atom. The third kappa shape index (κ3) is 3.34. The summed E-state index contributed by atoms with van der Waals surface area (Å²) in [6.45, 7) is 0.352. The van der Waals surface area contributed by atoms with E-state index in [1.54, 1.807) is 30.3 Å². The van der Waals surface area contributed by atoms with Crippen LogP contribution in [0, 0.1) is 0 Å². The van der Waals surface area contributed by atoms with Crippen LogP contribution in [-0.2, 0) is 14.8 Å². The zero-order valence-electron chi connectivity index (χ0n) is 14.7. The smallest absolute Gasteiger partial charge is 0.243 e. The van der Waals surface area contributed by atoms with Gasteiger partial charge in [0.1, 0.15) is 6.04 Å². The highest BCUT2D eigenvalue weighted by molar-refractivity contribution is 7.89. The Morgan fingerprint density at radius 3 is 2.44 bits per heavy atom. The molecule has 1 fully saturated rings. The van der Waals surface area contributed by atoms with Crippen molar-refractivity contribution in [2.75, 3.05) is 11.9 Å². The molecule has 0 radical (unpaired) electrons. The third-order valence-corrected chi connectivity index (χ3v) is 6.83. The normalized spacial score (nSPS) is 17.9. The monoisotopic (exact) mass is 380 g/mol. The fourth-order valence-electron chi connectivity index (χ4n) is 3.57. The summed E-state index contributed by atoms with van der Waals surface area (Å²) < 4.78 is 27.2. The maximum absolute atomic E-state index is 13.0. The number of rotatable bonds is 4. The fraction of sp³-hybridized carbons (Fsp3) is 0.190. The number of nitrogens with zero attached hydrogens (tertiary/aromatic N) is 1. The summed E-state index contributed by atoms with van der Waals surface area (Å²) in [5, 5.41) is 4.89. The van der Waals surface area contributed by atoms with Crippen LogP contribution < -0.4 is 5.32 Å². The average Bonchev–Trinajstić information content (AvgIpc) is 3.20. The number of amides is 1. The Labute approximate surface area is 158 Å². The van der Waals surface area contributed by atoms with Gasteiger partial charge in [0.15, 0.2) is 0 Å². The summed E-state index contributed by atoms with van der Waals surface area (Å²) in [6, 6.07) is 21.1. The van der Waals surface area contributed by atoms with Gasteiger partial charge in [-0.25, -0.2) is 8.42 Å². The van der Waals surface area contributed by atoms with Crippen LogP contribution in [0.2, 0.25) is 0 Å². The third-order valence-electron chi connectivity index (χ3n) is 4.90. The molecule has 0 aliphatic carbocycles. The number of fused-ring (bicyclic) bond motifs is 1. The van der Waals surface area contributed by atoms with Gasteiger partial charge in [0, 0.05) is 17.6 Å². The van der Waals surface area contributed by atoms with Crippen LogP contribution in [0.15, 0.2) is 77.7 Å². The Morgan fingerprint density at radius 1 is 0.926 bits per heavy atom. The minimum absolute atomic E-state index is 0.217. The quantitative estimate of drug-likeness (QED) is 0.752. The van der Waals surface area contributed by atoms with E-state index in [1.165, 1.54) is 4.31 Å². The minimum atomic E-state index is -3.70. The van der Waals surface area contributed by atoms with Crippen LogP contribution in [0.25, 0.3) is 10.8 Å². The molecule has 0 unspecified atom stereocenters. The molecule has 1 N–H and O–H groups in total. The van der Waals surface area contributed by atoms with Crippen LogP contribution >= 0.6 is 0 Å². The number of sulfonamides is 1. The van der Waals surface area contributed by atoms with Crippen LogP contribution in [0.4, 0.5) is 5.69 Å². The second-order valence-corrected chi connectivity index (χ2v) is 8.49. The first kappa shape index (κ1) is 17.7. The fourth-order valence-corrected chi connectivity index (χ4v) is 5.25. The van der Waals surface area contributed by atoms with E-state index in [9.17, 15) is 13.2 Å². The van der Waals surface area contributed by atoms with Gasteiger partial charge in [-0.05, 0) is 36.4 Å². The van der Waals surface area contributed by atoms with Crippen molar-refractivity contribution in [3.05, 3.63) is 72.8 Å². The molecule has 1 aliphatic heterocycles. The van der Waals surface area contributed by atoms with Gasteiger partial charge in [-0.15, -0.1) is 0 Å². The lowest BCUT2D eigenvalue weighted by atomic mass is 10.1. The first-order valence-corrected chi connectivity index (χ1v) is 10.4. The molecular formula is C21H20N2O3S. The lowest BCUT2D eigenvalue weighted by Crippen LogP contribution is -2.43. The molecule has 5 nitrogen and oxygen atoms in total. The minimum Gasteiger partial charge on any atom is -0.324 e. The largest absolute Gasteiger partial charge is 0.324 e. The summed E-state index contributed by atoms with van der Waals surface area (Å²) in [5.74, 6) is -0.289. The first-order valence-electron chi connectivity index (χ1n) is 8.93. The van der Waals surface area contributed by atoms with Crippen molar-refractivity contribution in [2.24, 2.45) is 0 Å². The van der Waals surface area contributed by atoms with E-state index in [1.807, 2.05) is 42.5 Å². The zero-order chi connectivity index (χ0) is 18.9. The SMILES string of the molecule is O=C(Nc1cccc2ccccc12)[C@H]1CCCN1S(=O)(=O)c1ccccc1. The second kappa shape index (κ2) is 7.13. The van der Waals surface area contributed by atoms with Crippen molar-refractivity contribution in [3.8, 4) is 0 Å². The van der Waals surface area contributed by atoms with E-state index in [4.69, 9.17) is 0 Å². The van der Waals surface area contributed by atoms with Gasteiger partial charge in [0.25, 0.3) is 0 Å². The number of carbonyl (C=O) groups excluding carboxylic acids is 1. The molecule has 0 saturated carbocycles. The van der Waals surface area contributed by atoms with Gasteiger partial charge in [-0.1, -0.05) is 54.6 Å². The summed E-state index contributed by atoms with van der Waals surface area (Å²) >= 11 is 0. The summed E-state index contributed by atoms with van der Waals surface area (Å²) in [6.07, 6.45) is 1.18. The number of nitrogens with one attached hydrogen (secondary N) is 1. The van der Waals surface area contributed by atoms with Crippen LogP contribution in [0.5, 0.6) is 0 Å². The van der Waals surface area contributed by atoms with E-state index < -0.39 is 16.1 Å². The van der Waals surface area contributed by atoms with Crippen LogP contribution in [-0.4, -0.2) is 31.2 Å². The molecule has 3 aromatic carbocycles. The lowest BCUT2D eigenvalue weighted by molar-refractivity contribution is -0.119. The molecule has 1 atom stereocenters. The van der Waals surface area contributed by atoms with Gasteiger partial charge in [0.2, 0.25) is 15.9 Å². The topological polar surface area (TPSA) is 66.5 Å². The summed E-state index contributed by atoms with van der Waals surface area (Å²) in [7, 11) is -3.70. The molecule has 1 heterocycles. The number of benzene rings is 3. The van der Waals surface area contributed by atoms with Gasteiger partial charge >= 0.3 is 0 Å². The van der Waals surface area contributed by atoms with E-state index >= 15 is 0 Å². The van der Waals surface area contributed by atoms with Crippen molar-refractivity contribution in [3.63, 3.8) is 0 Å². The number of carbonyl (C=O) groups is 1. The molecule has 6 heteroatoms. The average molecular weight is 380 g/mol. The Bertz CT molecular complexity index is 1080. The first-order chi connectivity index (χ1) is 13.1. The summed E-state index contributed by atoms with van der Waals surface area (Å²) in [5.41, 5.74) is 0.696. The molecule has 1 aliphatic rings. The van der Waals surface area contributed by atoms with Crippen molar-refractivity contribution in [2.45, 2.75) is 23.8 Å². The van der Waals surface area contributed by atoms with Crippen LogP contribution in [0.1, 0.15) is 12.8 Å². The van der Waals surface area contributed by atoms with E-state index in [0.29, 0.717) is 25.1 Å². The molecule has 3 aromatic rings. The number of hydrogen-bond donors (Lipinski definition) is 1. The molecule has 0 aromatic heterocycles. The maximum Gasteiger partial charge on any atom is 0.243 e. The number of hydrogen-bond acceptors (Lipinski definition) is 3. The highest BCUT2D eigenvalue weighted by Crippen LogP contribution is 2.28. The van der Waals surface area contributed by atoms with Crippen molar-refractivity contribution < 1.29 is 13.2 Å². The second-order valence-electron chi connectivity index (χ2n) is 6.60. The Kier molecular flexibility index (Phi) is 4.68.